The van der Waals surface area contributed by atoms with Crippen molar-refractivity contribution >= 4 is 33.2 Å². The predicted molar refractivity (Wildman–Crippen MR) is 190 cm³/mol. The van der Waals surface area contributed by atoms with Crippen LogP contribution < -0.4 is 4.90 Å². The van der Waals surface area contributed by atoms with Crippen LogP contribution in [0.1, 0.15) is 64.0 Å². The fourth-order valence-corrected chi connectivity index (χ4v) is 7.28. The molecule has 2 N–H and O–H groups in total. The Kier molecular flexibility index (Phi) is 12.4. The van der Waals surface area contributed by atoms with Crippen LogP contribution in [0, 0.1) is 0 Å². The van der Waals surface area contributed by atoms with Crippen LogP contribution in [-0.2, 0) is 35.2 Å². The maximum atomic E-state index is 11.9. The molecule has 0 saturated carbocycles. The number of fused-ring (bicyclic) bond motifs is 2. The van der Waals surface area contributed by atoms with Gasteiger partial charge in [0.25, 0.3) is 10.1 Å². The molecule has 4 rings (SSSR count). The molecule has 0 saturated heterocycles. The molecule has 0 amide bonds. The topological polar surface area (TPSA) is 116 Å². The van der Waals surface area contributed by atoms with Gasteiger partial charge in [-0.1, -0.05) is 55.0 Å². The van der Waals surface area contributed by atoms with E-state index in [-0.39, 0.29) is 16.7 Å². The smallest absolute Gasteiger partial charge is 0.303 e. The van der Waals surface area contributed by atoms with E-state index in [1.54, 1.807) is 26.4 Å². The summed E-state index contributed by atoms with van der Waals surface area (Å²) in [7, 11) is -0.953. The monoisotopic (exact) mass is 677 g/mol. The highest BCUT2D eigenvalue weighted by Gasteiger charge is 2.45. The molecule has 2 heterocycles. The zero-order valence-electron chi connectivity index (χ0n) is 28.7. The molecule has 0 radical (unpaired) electrons. The zero-order valence-corrected chi connectivity index (χ0v) is 29.5. The second-order valence-electron chi connectivity index (χ2n) is 12.9. The second-order valence-corrected chi connectivity index (χ2v) is 14.4. The third kappa shape index (κ3) is 8.23. The van der Waals surface area contributed by atoms with E-state index < -0.39 is 21.5 Å². The van der Waals surface area contributed by atoms with Gasteiger partial charge < -0.3 is 19.5 Å². The van der Waals surface area contributed by atoms with E-state index in [0.29, 0.717) is 26.2 Å². The summed E-state index contributed by atoms with van der Waals surface area (Å²) >= 11 is 0. The third-order valence-corrected chi connectivity index (χ3v) is 10.2. The fraction of sp³-hybridized carbons (Fsp3) is 0.421. The van der Waals surface area contributed by atoms with Crippen LogP contribution in [0.25, 0.3) is 0 Å². The lowest BCUT2D eigenvalue weighted by atomic mass is 9.78. The normalized spacial score (nSPS) is 19.8. The van der Waals surface area contributed by atoms with Crippen LogP contribution in [0.3, 0.4) is 0 Å². The Hall–Kier alpha value is -3.83. The van der Waals surface area contributed by atoms with E-state index in [1.807, 2.05) is 44.2 Å². The first-order valence-corrected chi connectivity index (χ1v) is 17.9. The standard InChI is InChI=1S/C38H48N2O7S/c1-37(2)31-28-29(48(43,44)45)21-22-33(31)40(25-27-47-5)34(37)18-10-7-6-8-11-19-35-38(3,23-26-46-4)30-16-13-14-17-32(30)39(35)24-15-9-12-20-36(41)42/h6-8,10-11,13-14,16-19,21-22,28H,9,12,15,20,23-27H2,1-5H3,(H-,41,42,43,44,45)/p+1. The summed E-state index contributed by atoms with van der Waals surface area (Å²) in [5, 5.41) is 9.03. The van der Waals surface area contributed by atoms with Crippen molar-refractivity contribution in [3.05, 3.63) is 102 Å². The van der Waals surface area contributed by atoms with Gasteiger partial charge in [-0.15, -0.1) is 0 Å². The largest absolute Gasteiger partial charge is 0.481 e. The fourth-order valence-electron chi connectivity index (χ4n) is 6.77. The van der Waals surface area contributed by atoms with E-state index in [9.17, 15) is 17.8 Å². The van der Waals surface area contributed by atoms with Crippen molar-refractivity contribution in [2.24, 2.45) is 0 Å². The molecule has 2 aromatic rings. The Morgan fingerprint density at radius 1 is 0.917 bits per heavy atom. The summed E-state index contributed by atoms with van der Waals surface area (Å²) in [5.41, 5.74) is 5.62. The number of aliphatic carboxylic acids is 1. The minimum atomic E-state index is -4.33. The Bertz CT molecular complexity index is 1740. The Balaban J connectivity index is 1.56. The van der Waals surface area contributed by atoms with Crippen molar-refractivity contribution in [3.8, 4) is 0 Å². The van der Waals surface area contributed by atoms with E-state index in [2.05, 4.69) is 52.8 Å². The number of para-hydroxylation sites is 1. The van der Waals surface area contributed by atoms with Crippen LogP contribution in [0.5, 0.6) is 0 Å². The van der Waals surface area contributed by atoms with Gasteiger partial charge in [-0.05, 0) is 69.9 Å². The Morgan fingerprint density at radius 2 is 1.62 bits per heavy atom. The zero-order chi connectivity index (χ0) is 35.0. The summed E-state index contributed by atoms with van der Waals surface area (Å²) in [4.78, 5) is 13.2. The molecule has 48 heavy (non-hydrogen) atoms. The van der Waals surface area contributed by atoms with Gasteiger partial charge in [-0.3, -0.25) is 9.35 Å². The molecular weight excluding hydrogens is 628 g/mol. The van der Waals surface area contributed by atoms with Gasteiger partial charge in [0, 0.05) is 68.3 Å². The number of ether oxygens (including phenoxy) is 2. The molecule has 2 aliphatic heterocycles. The molecule has 1 atom stereocenters. The number of rotatable bonds is 17. The summed E-state index contributed by atoms with van der Waals surface area (Å²) in [6.07, 6.45) is 17.6. The number of carbonyl (C=O) groups is 1. The SMILES string of the molecule is COCC[N+]1=C(/C=C/C=C/C=C/C=C2/N(CCCCCC(=O)O)c3ccccc3C2(C)CCOC)C(C)(C)c2cc(S(=O)(=O)O)ccc21. The van der Waals surface area contributed by atoms with Gasteiger partial charge in [0.15, 0.2) is 12.3 Å². The number of allylic oxidation sites excluding steroid dienone is 8. The van der Waals surface area contributed by atoms with Gasteiger partial charge in [-0.25, -0.2) is 0 Å². The average molecular weight is 678 g/mol. The maximum Gasteiger partial charge on any atom is 0.303 e. The van der Waals surface area contributed by atoms with Gasteiger partial charge in [0.05, 0.1) is 10.3 Å². The van der Waals surface area contributed by atoms with Crippen molar-refractivity contribution in [1.82, 2.24) is 0 Å². The predicted octanol–water partition coefficient (Wildman–Crippen LogP) is 6.97. The number of hydrogen-bond acceptors (Lipinski definition) is 6. The number of hydrogen-bond donors (Lipinski definition) is 2. The maximum absolute atomic E-state index is 11.9. The minimum Gasteiger partial charge on any atom is -0.481 e. The number of nitrogens with zero attached hydrogens (tertiary/aromatic N) is 2. The van der Waals surface area contributed by atoms with Gasteiger partial charge in [0.1, 0.15) is 6.61 Å². The second kappa shape index (κ2) is 16.0. The molecule has 0 fully saturated rings. The van der Waals surface area contributed by atoms with Crippen LogP contribution >= 0.6 is 0 Å². The lowest BCUT2D eigenvalue weighted by molar-refractivity contribution is -0.441. The van der Waals surface area contributed by atoms with Crippen LogP contribution in [0.4, 0.5) is 11.4 Å². The molecule has 2 aliphatic rings. The van der Waals surface area contributed by atoms with Crippen molar-refractivity contribution in [1.29, 1.82) is 0 Å². The Morgan fingerprint density at radius 3 is 2.33 bits per heavy atom. The highest BCUT2D eigenvalue weighted by molar-refractivity contribution is 7.85. The molecule has 0 bridgehead atoms. The van der Waals surface area contributed by atoms with Crippen molar-refractivity contribution < 1.29 is 36.9 Å². The lowest BCUT2D eigenvalue weighted by Crippen LogP contribution is -2.30. The molecular formula is C38H49N2O7S+. The summed E-state index contributed by atoms with van der Waals surface area (Å²) in [5.74, 6) is -0.754. The van der Waals surface area contributed by atoms with Crippen LogP contribution in [0.15, 0.2) is 95.6 Å². The van der Waals surface area contributed by atoms with Gasteiger partial charge in [0.2, 0.25) is 5.69 Å². The Labute approximate surface area is 285 Å². The first-order chi connectivity index (χ1) is 22.9. The molecule has 2 aromatic carbocycles. The van der Waals surface area contributed by atoms with Crippen molar-refractivity contribution in [2.45, 2.75) is 68.6 Å². The highest BCUT2D eigenvalue weighted by Crippen LogP contribution is 2.50. The van der Waals surface area contributed by atoms with E-state index in [0.717, 1.165) is 42.8 Å². The average Bonchev–Trinajstić information content (AvgIpc) is 3.40. The van der Waals surface area contributed by atoms with E-state index in [4.69, 9.17) is 14.6 Å². The third-order valence-electron chi connectivity index (χ3n) is 9.36. The van der Waals surface area contributed by atoms with E-state index in [1.165, 1.54) is 23.0 Å². The summed E-state index contributed by atoms with van der Waals surface area (Å²) in [6, 6.07) is 13.2. The first-order valence-electron chi connectivity index (χ1n) is 16.4. The number of anilines is 1. The van der Waals surface area contributed by atoms with Gasteiger partial charge in [-0.2, -0.15) is 13.0 Å². The quantitative estimate of drug-likeness (QED) is 0.0799. The number of methoxy groups -OCH3 is 2. The molecule has 1 unspecified atom stereocenters. The minimum absolute atomic E-state index is 0.120. The number of benzene rings is 2. The number of carboxylic acids is 1. The van der Waals surface area contributed by atoms with E-state index >= 15 is 0 Å². The molecule has 0 spiro atoms. The molecule has 9 nitrogen and oxygen atoms in total. The number of carboxylic acid groups (broad SMARTS) is 1. The molecule has 258 valence electrons. The molecule has 0 aliphatic carbocycles. The summed E-state index contributed by atoms with van der Waals surface area (Å²) < 4.78 is 46.4. The summed E-state index contributed by atoms with van der Waals surface area (Å²) in [6.45, 7) is 8.86. The van der Waals surface area contributed by atoms with Crippen molar-refractivity contribution in [3.63, 3.8) is 0 Å². The van der Waals surface area contributed by atoms with Crippen molar-refractivity contribution in [2.75, 3.05) is 45.4 Å². The number of unbranched alkanes of at least 4 members (excludes halogenated alkanes) is 2. The lowest BCUT2D eigenvalue weighted by Gasteiger charge is -2.30. The van der Waals surface area contributed by atoms with Crippen LogP contribution in [-0.4, -0.2) is 74.9 Å². The molecule has 0 aromatic heterocycles. The molecule has 10 heteroatoms. The van der Waals surface area contributed by atoms with Crippen LogP contribution in [0.2, 0.25) is 0 Å². The highest BCUT2D eigenvalue weighted by atomic mass is 32.2. The first kappa shape index (κ1) is 37.0. The van der Waals surface area contributed by atoms with Gasteiger partial charge >= 0.3 is 5.97 Å².